The largest absolute Gasteiger partial charge is 0.453 e. The number of amides is 4. The number of nitrogens with one attached hydrogen (secondary N) is 4. The molecule has 6 aromatic rings. The second-order valence-electron chi connectivity index (χ2n) is 15.4. The predicted octanol–water partition coefficient (Wildman–Crippen LogP) is 6.97. The summed E-state index contributed by atoms with van der Waals surface area (Å²) < 4.78 is 9.60. The molecule has 4 N–H and O–H groups in total. The molecule has 0 spiro atoms. The van der Waals surface area contributed by atoms with Crippen molar-refractivity contribution in [2.24, 2.45) is 5.92 Å². The van der Waals surface area contributed by atoms with Gasteiger partial charge in [0.25, 0.3) is 5.91 Å². The summed E-state index contributed by atoms with van der Waals surface area (Å²) in [6, 6.07) is 23.4. The highest BCUT2D eigenvalue weighted by molar-refractivity contribution is 5.91. The Labute approximate surface area is 340 Å². The van der Waals surface area contributed by atoms with Gasteiger partial charge in [-0.3, -0.25) is 9.59 Å². The van der Waals surface area contributed by atoms with Crippen LogP contribution in [0.1, 0.15) is 74.9 Å². The Kier molecular flexibility index (Phi) is 11.0. The smallest absolute Gasteiger partial charge is 0.407 e. The maximum atomic E-state index is 13.9. The number of hydrogen-bond donors (Lipinski definition) is 4. The van der Waals surface area contributed by atoms with Crippen LogP contribution in [0.5, 0.6) is 0 Å². The van der Waals surface area contributed by atoms with Crippen molar-refractivity contribution in [3.63, 3.8) is 0 Å². The first kappa shape index (κ1) is 39.1. The molecule has 2 aliphatic rings. The van der Waals surface area contributed by atoms with Gasteiger partial charge < -0.3 is 39.9 Å². The lowest BCUT2D eigenvalue weighted by Gasteiger charge is -2.29. The SMILES string of the molecule is COC(=O)N[C@H](C(=O)N1CCC[C@H]1c1nc2ccc(-c3ccc4cc(-c5cnc([C@@H]6CCCN6C(=O)[C@H](NC(=O)OC)c6ccccc6)[nH]5)ccc4c3)nc2[nH]1)C(C)C. The highest BCUT2D eigenvalue weighted by atomic mass is 16.5. The first-order valence-corrected chi connectivity index (χ1v) is 19.9. The molecule has 59 heavy (non-hydrogen) atoms. The van der Waals surface area contributed by atoms with Crippen LogP contribution in [0.4, 0.5) is 9.59 Å². The van der Waals surface area contributed by atoms with Gasteiger partial charge in [0.2, 0.25) is 5.91 Å². The molecule has 3 aromatic carbocycles. The van der Waals surface area contributed by atoms with E-state index in [9.17, 15) is 19.2 Å². The van der Waals surface area contributed by atoms with Crippen LogP contribution in [0.2, 0.25) is 0 Å². The third-order valence-electron chi connectivity index (χ3n) is 11.3. The predicted molar refractivity (Wildman–Crippen MR) is 221 cm³/mol. The molecule has 0 unspecified atom stereocenters. The van der Waals surface area contributed by atoms with Gasteiger partial charge in [0, 0.05) is 24.2 Å². The molecule has 4 amide bonds. The van der Waals surface area contributed by atoms with Crippen LogP contribution in [-0.2, 0) is 19.1 Å². The highest BCUT2D eigenvalue weighted by Crippen LogP contribution is 2.36. The van der Waals surface area contributed by atoms with Crippen LogP contribution >= 0.6 is 0 Å². The first-order valence-electron chi connectivity index (χ1n) is 19.9. The molecular weight excluding hydrogens is 751 g/mol. The van der Waals surface area contributed by atoms with Gasteiger partial charge in [0.05, 0.1) is 43.9 Å². The van der Waals surface area contributed by atoms with Gasteiger partial charge in [0.1, 0.15) is 29.2 Å². The van der Waals surface area contributed by atoms with E-state index in [2.05, 4.69) is 44.9 Å². The van der Waals surface area contributed by atoms with Crippen molar-refractivity contribution in [3.05, 3.63) is 102 Å². The molecule has 8 rings (SSSR count). The molecule has 5 heterocycles. The van der Waals surface area contributed by atoms with Crippen LogP contribution in [0.3, 0.4) is 0 Å². The lowest BCUT2D eigenvalue weighted by Crippen LogP contribution is -2.51. The molecule has 304 valence electrons. The third-order valence-corrected chi connectivity index (χ3v) is 11.3. The summed E-state index contributed by atoms with van der Waals surface area (Å²) in [6.07, 6.45) is 3.61. The van der Waals surface area contributed by atoms with Crippen molar-refractivity contribution in [3.8, 4) is 22.5 Å². The Hall–Kier alpha value is -6.77. The lowest BCUT2D eigenvalue weighted by molar-refractivity contribution is -0.135. The van der Waals surface area contributed by atoms with Gasteiger partial charge in [-0.1, -0.05) is 68.4 Å². The molecule has 3 aromatic heterocycles. The number of ether oxygens (including phenoxy) is 2. The van der Waals surface area contributed by atoms with E-state index in [1.807, 2.05) is 68.4 Å². The van der Waals surface area contributed by atoms with E-state index in [-0.39, 0.29) is 29.8 Å². The van der Waals surface area contributed by atoms with E-state index in [4.69, 9.17) is 24.4 Å². The topological polar surface area (TPSA) is 188 Å². The fourth-order valence-corrected chi connectivity index (χ4v) is 8.24. The number of nitrogens with zero attached hydrogens (tertiary/aromatic N) is 5. The summed E-state index contributed by atoms with van der Waals surface area (Å²) in [4.78, 5) is 76.7. The number of carbonyl (C=O) groups is 4. The number of fused-ring (bicyclic) bond motifs is 2. The number of hydrogen-bond acceptors (Lipinski definition) is 9. The standard InChI is InChI=1S/C44H47N9O6/c1-25(2)36(49-43(56)58-3)41(54)53-21-9-13-35(53)40-47-32-19-18-31(46-38(32)51-40)29-16-14-28-23-30(17-15-27(28)22-29)33-24-45-39(48-33)34-12-8-20-52(34)42(55)37(50-44(57)59-4)26-10-6-5-7-11-26/h5-7,10-11,14-19,22-25,34-37H,8-9,12-13,20-21H2,1-4H3,(H,45,48)(H,49,56)(H,50,57)(H,46,47,51)/t34-,35-,36-,37+/m0/s1. The number of H-pyrrole nitrogens is 2. The Morgan fingerprint density at radius 1 is 0.729 bits per heavy atom. The Morgan fingerprint density at radius 3 is 2.07 bits per heavy atom. The van der Waals surface area contributed by atoms with E-state index in [1.165, 1.54) is 14.2 Å². The van der Waals surface area contributed by atoms with E-state index in [1.54, 1.807) is 16.0 Å². The van der Waals surface area contributed by atoms with E-state index in [0.29, 0.717) is 41.5 Å². The molecular formula is C44H47N9O6. The summed E-state index contributed by atoms with van der Waals surface area (Å²) in [6.45, 7) is 4.90. The maximum absolute atomic E-state index is 13.9. The van der Waals surface area contributed by atoms with Gasteiger partial charge in [0.15, 0.2) is 5.65 Å². The zero-order valence-electron chi connectivity index (χ0n) is 33.4. The van der Waals surface area contributed by atoms with Crippen LogP contribution in [0.25, 0.3) is 44.5 Å². The van der Waals surface area contributed by atoms with Crippen molar-refractivity contribution < 1.29 is 28.7 Å². The van der Waals surface area contributed by atoms with Gasteiger partial charge >= 0.3 is 12.2 Å². The number of imidazole rings is 2. The van der Waals surface area contributed by atoms with Crippen LogP contribution in [0.15, 0.2) is 85.1 Å². The minimum atomic E-state index is -0.889. The Bertz CT molecular complexity index is 2520. The lowest BCUT2D eigenvalue weighted by atomic mass is 10.0. The molecule has 2 saturated heterocycles. The van der Waals surface area contributed by atoms with Crippen molar-refractivity contribution in [1.82, 2.24) is 45.4 Å². The summed E-state index contributed by atoms with van der Waals surface area (Å²) in [5.41, 5.74) is 5.53. The molecule has 15 nitrogen and oxygen atoms in total. The fraction of sp³-hybridized carbons (Fsp3) is 0.341. The minimum Gasteiger partial charge on any atom is -0.453 e. The van der Waals surface area contributed by atoms with Crippen LogP contribution in [0, 0.1) is 5.92 Å². The van der Waals surface area contributed by atoms with Crippen LogP contribution in [-0.4, -0.2) is 92.1 Å². The zero-order valence-corrected chi connectivity index (χ0v) is 33.4. The molecule has 0 bridgehead atoms. The minimum absolute atomic E-state index is 0.125. The number of pyridine rings is 1. The number of methoxy groups -OCH3 is 2. The number of carbonyl (C=O) groups excluding carboxylic acids is 4. The quantitative estimate of drug-likeness (QED) is 0.114. The van der Waals surface area contributed by atoms with Gasteiger partial charge in [-0.25, -0.2) is 24.5 Å². The third kappa shape index (κ3) is 7.92. The molecule has 0 saturated carbocycles. The van der Waals surface area contributed by atoms with E-state index in [0.717, 1.165) is 59.0 Å². The average Bonchev–Trinajstić information content (AvgIpc) is 4.10. The molecule has 0 radical (unpaired) electrons. The molecule has 0 aliphatic carbocycles. The summed E-state index contributed by atoms with van der Waals surface area (Å²) in [5, 5.41) is 7.49. The second kappa shape index (κ2) is 16.6. The van der Waals surface area contributed by atoms with Gasteiger partial charge in [-0.15, -0.1) is 0 Å². The summed E-state index contributed by atoms with van der Waals surface area (Å²) >= 11 is 0. The molecule has 15 heteroatoms. The van der Waals surface area contributed by atoms with Gasteiger partial charge in [-0.2, -0.15) is 0 Å². The van der Waals surface area contributed by atoms with Crippen molar-refractivity contribution in [2.45, 2.75) is 63.7 Å². The van der Waals surface area contributed by atoms with Crippen molar-refractivity contribution in [1.29, 1.82) is 0 Å². The Balaban J connectivity index is 0.985. The number of aromatic amines is 2. The summed E-state index contributed by atoms with van der Waals surface area (Å²) in [5.74, 6) is 0.856. The van der Waals surface area contributed by atoms with Crippen molar-refractivity contribution >= 4 is 45.9 Å². The summed E-state index contributed by atoms with van der Waals surface area (Å²) in [7, 11) is 2.56. The van der Waals surface area contributed by atoms with Crippen molar-refractivity contribution in [2.75, 3.05) is 27.3 Å². The number of aromatic nitrogens is 5. The maximum Gasteiger partial charge on any atom is 0.407 e. The zero-order chi connectivity index (χ0) is 41.2. The Morgan fingerprint density at radius 2 is 1.37 bits per heavy atom. The number of rotatable bonds is 10. The van der Waals surface area contributed by atoms with E-state index >= 15 is 0 Å². The average molecular weight is 798 g/mol. The first-order chi connectivity index (χ1) is 28.6. The molecule has 2 aliphatic heterocycles. The number of benzene rings is 3. The fourth-order valence-electron chi connectivity index (χ4n) is 8.24. The second-order valence-corrected chi connectivity index (χ2v) is 15.4. The monoisotopic (exact) mass is 797 g/mol. The molecule has 2 fully saturated rings. The van der Waals surface area contributed by atoms with Crippen LogP contribution < -0.4 is 10.6 Å². The molecule has 4 atom stereocenters. The van der Waals surface area contributed by atoms with Gasteiger partial charge in [-0.05, 0) is 72.2 Å². The number of likely N-dealkylation sites (tertiary alicyclic amines) is 2. The number of alkyl carbamates (subject to hydrolysis) is 2. The highest BCUT2D eigenvalue weighted by Gasteiger charge is 2.39. The van der Waals surface area contributed by atoms with E-state index < -0.39 is 24.3 Å². The normalized spacial score (nSPS) is 17.6.